The third-order valence-electron chi connectivity index (χ3n) is 2.05. The van der Waals surface area contributed by atoms with Gasteiger partial charge < -0.3 is 27.2 Å². The van der Waals surface area contributed by atoms with Crippen LogP contribution in [0.1, 0.15) is 32.1 Å². The van der Waals surface area contributed by atoms with E-state index < -0.39 is 24.5 Å². The van der Waals surface area contributed by atoms with Crippen molar-refractivity contribution in [3.8, 4) is 0 Å². The van der Waals surface area contributed by atoms with E-state index in [-0.39, 0.29) is 27.2 Å². The second kappa shape index (κ2) is 12.0. The van der Waals surface area contributed by atoms with Crippen LogP contribution in [-0.4, -0.2) is 39.4 Å². The average Bonchev–Trinajstić information content (AvgIpc) is 2.55. The number of aliphatic hydroxyl groups excluding tert-OH is 1. The Balaban J connectivity index is -0.000000216. The molecule has 7 nitrogen and oxygen atoms in total. The first-order chi connectivity index (χ1) is 6.93. The summed E-state index contributed by atoms with van der Waals surface area (Å²) in [6.07, 6.45) is 2.71. The molecule has 1 aliphatic carbocycles. The van der Waals surface area contributed by atoms with Gasteiger partial charge in [0, 0.05) is 27.1 Å². The predicted molar refractivity (Wildman–Crippen MR) is 57.4 cm³/mol. The van der Waals surface area contributed by atoms with E-state index >= 15 is 0 Å². The van der Waals surface area contributed by atoms with Crippen LogP contribution in [0.3, 0.4) is 0 Å². The fourth-order valence-corrected chi connectivity index (χ4v) is 1.21. The number of hydrogen-bond acceptors (Lipinski definition) is 5. The Labute approximate surface area is 114 Å². The van der Waals surface area contributed by atoms with Crippen molar-refractivity contribution in [2.24, 2.45) is 5.73 Å². The fraction of sp³-hybridized carbons (Fsp3) is 0.778. The first kappa shape index (κ1) is 21.8. The summed E-state index contributed by atoms with van der Waals surface area (Å²) < 4.78 is 0. The fourth-order valence-electron chi connectivity index (χ4n) is 1.21. The minimum absolute atomic E-state index is 0. The molecular formula is C9H20N2O5Pt. The van der Waals surface area contributed by atoms with E-state index in [0.29, 0.717) is 6.04 Å². The number of rotatable bonds is 3. The van der Waals surface area contributed by atoms with Gasteiger partial charge in [0.1, 0.15) is 0 Å². The number of aliphatic carboxylic acids is 2. The van der Waals surface area contributed by atoms with Gasteiger partial charge in [-0.15, -0.1) is 0 Å². The molecule has 1 fully saturated rings. The SMILES string of the molecule is N.NC1CCCC1.O=C(O)CC(O)C(=O)O.[Pt]. The largest absolute Gasteiger partial charge is 0.481 e. The van der Waals surface area contributed by atoms with Gasteiger partial charge in [-0.1, -0.05) is 12.8 Å². The van der Waals surface area contributed by atoms with Crippen molar-refractivity contribution in [2.75, 3.05) is 0 Å². The molecule has 1 atom stereocenters. The Morgan fingerprint density at radius 3 is 1.76 bits per heavy atom. The molecular weight excluding hydrogens is 411 g/mol. The number of carbonyl (C=O) groups is 2. The molecule has 1 unspecified atom stereocenters. The van der Waals surface area contributed by atoms with Crippen molar-refractivity contribution >= 4 is 11.9 Å². The van der Waals surface area contributed by atoms with Gasteiger partial charge in [0.05, 0.1) is 6.42 Å². The van der Waals surface area contributed by atoms with Crippen molar-refractivity contribution in [3.63, 3.8) is 0 Å². The molecule has 0 radical (unpaired) electrons. The molecule has 0 aromatic carbocycles. The van der Waals surface area contributed by atoms with Crippen LogP contribution >= 0.6 is 0 Å². The average molecular weight is 431 g/mol. The molecule has 8 N–H and O–H groups in total. The molecule has 1 rings (SSSR count). The first-order valence-electron chi connectivity index (χ1n) is 4.81. The minimum atomic E-state index is -1.79. The van der Waals surface area contributed by atoms with E-state index in [1.54, 1.807) is 0 Å². The van der Waals surface area contributed by atoms with Crippen LogP contribution in [0.2, 0.25) is 0 Å². The first-order valence-corrected chi connectivity index (χ1v) is 4.81. The number of carboxylic acids is 2. The molecule has 0 aromatic heterocycles. The van der Waals surface area contributed by atoms with Crippen LogP contribution in [0.15, 0.2) is 0 Å². The summed E-state index contributed by atoms with van der Waals surface area (Å²) in [5.41, 5.74) is 5.53. The molecule has 1 aliphatic rings. The molecule has 0 spiro atoms. The maximum Gasteiger partial charge on any atom is 0.333 e. The smallest absolute Gasteiger partial charge is 0.333 e. The summed E-state index contributed by atoms with van der Waals surface area (Å²) in [4.78, 5) is 19.4. The van der Waals surface area contributed by atoms with Crippen LogP contribution < -0.4 is 11.9 Å². The molecule has 8 heteroatoms. The third-order valence-corrected chi connectivity index (χ3v) is 2.05. The third kappa shape index (κ3) is 13.4. The second-order valence-electron chi connectivity index (χ2n) is 3.50. The number of nitrogens with two attached hydrogens (primary N) is 1. The topological polar surface area (TPSA) is 156 Å². The molecule has 0 saturated heterocycles. The van der Waals surface area contributed by atoms with Crippen LogP contribution in [0.4, 0.5) is 0 Å². The number of carboxylic acid groups (broad SMARTS) is 2. The molecule has 0 bridgehead atoms. The van der Waals surface area contributed by atoms with Crippen LogP contribution in [0.5, 0.6) is 0 Å². The summed E-state index contributed by atoms with van der Waals surface area (Å²) in [5.74, 6) is -2.85. The zero-order valence-electron chi connectivity index (χ0n) is 9.45. The van der Waals surface area contributed by atoms with E-state index in [4.69, 9.17) is 21.1 Å². The standard InChI is InChI=1S/C5H11N.C4H6O5.H3N.Pt/c6-5-3-1-2-4-5;5-2(4(8)9)1-3(6)7;;/h5H,1-4,6H2;2,5H,1H2,(H,6,7)(H,8,9);1H3;. The Morgan fingerprint density at radius 1 is 1.24 bits per heavy atom. The number of aliphatic hydroxyl groups is 1. The minimum Gasteiger partial charge on any atom is -0.481 e. The van der Waals surface area contributed by atoms with Gasteiger partial charge in [-0.2, -0.15) is 0 Å². The van der Waals surface area contributed by atoms with E-state index in [2.05, 4.69) is 0 Å². The molecule has 106 valence electrons. The van der Waals surface area contributed by atoms with Gasteiger partial charge in [0.15, 0.2) is 6.10 Å². The Hall–Kier alpha value is -0.492. The molecule has 0 amide bonds. The van der Waals surface area contributed by atoms with Crippen molar-refractivity contribution < 1.29 is 46.0 Å². The van der Waals surface area contributed by atoms with Crippen LogP contribution in [0, 0.1) is 0 Å². The summed E-state index contributed by atoms with van der Waals surface area (Å²) in [5, 5.41) is 24.1. The number of hydrogen-bond donors (Lipinski definition) is 5. The van der Waals surface area contributed by atoms with E-state index in [9.17, 15) is 9.59 Å². The molecule has 0 aliphatic heterocycles. The van der Waals surface area contributed by atoms with Gasteiger partial charge >= 0.3 is 11.9 Å². The van der Waals surface area contributed by atoms with Gasteiger partial charge in [-0.05, 0) is 12.8 Å². The summed E-state index contributed by atoms with van der Waals surface area (Å²) in [6, 6.07) is 0.546. The van der Waals surface area contributed by atoms with Gasteiger partial charge in [0.2, 0.25) is 0 Å². The predicted octanol–water partition coefficient (Wildman–Crippen LogP) is -0.0462. The van der Waals surface area contributed by atoms with E-state index in [0.717, 1.165) is 0 Å². The maximum absolute atomic E-state index is 9.72. The van der Waals surface area contributed by atoms with Crippen molar-refractivity contribution in [2.45, 2.75) is 44.2 Å². The zero-order chi connectivity index (χ0) is 11.8. The van der Waals surface area contributed by atoms with Crippen molar-refractivity contribution in [1.29, 1.82) is 0 Å². The molecule has 17 heavy (non-hydrogen) atoms. The van der Waals surface area contributed by atoms with E-state index in [1.807, 2.05) is 0 Å². The molecule has 0 heterocycles. The van der Waals surface area contributed by atoms with Gasteiger partial charge in [0.25, 0.3) is 0 Å². The van der Waals surface area contributed by atoms with Crippen LogP contribution in [0.25, 0.3) is 0 Å². The van der Waals surface area contributed by atoms with Crippen molar-refractivity contribution in [3.05, 3.63) is 0 Å². The molecule has 1 saturated carbocycles. The zero-order valence-corrected chi connectivity index (χ0v) is 11.7. The summed E-state index contributed by atoms with van der Waals surface area (Å²) >= 11 is 0. The Bertz CT molecular complexity index is 221. The maximum atomic E-state index is 9.72. The second-order valence-corrected chi connectivity index (χ2v) is 3.50. The van der Waals surface area contributed by atoms with E-state index in [1.165, 1.54) is 25.7 Å². The monoisotopic (exact) mass is 431 g/mol. The summed E-state index contributed by atoms with van der Waals surface area (Å²) in [6.45, 7) is 0. The molecule has 0 aromatic rings. The van der Waals surface area contributed by atoms with Crippen LogP contribution in [-0.2, 0) is 30.7 Å². The van der Waals surface area contributed by atoms with Gasteiger partial charge in [-0.25, -0.2) is 4.79 Å². The Kier molecular flexibility index (Phi) is 15.3. The Morgan fingerprint density at radius 2 is 1.65 bits per heavy atom. The van der Waals surface area contributed by atoms with Gasteiger partial charge in [-0.3, -0.25) is 4.79 Å². The summed E-state index contributed by atoms with van der Waals surface area (Å²) in [7, 11) is 0. The quantitative estimate of drug-likeness (QED) is 0.420. The van der Waals surface area contributed by atoms with Crippen molar-refractivity contribution in [1.82, 2.24) is 6.15 Å². The normalized spacial score (nSPS) is 15.6.